The Bertz CT molecular complexity index is 1140. The first-order valence-electron chi connectivity index (χ1n) is 9.52. The fourth-order valence-corrected chi connectivity index (χ4v) is 4.04. The number of benzene rings is 3. The summed E-state index contributed by atoms with van der Waals surface area (Å²) in [6.07, 6.45) is 0. The van der Waals surface area contributed by atoms with Crippen molar-refractivity contribution >= 4 is 27.3 Å². The molecule has 0 atom stereocenters. The lowest BCUT2D eigenvalue weighted by Crippen LogP contribution is -2.26. The van der Waals surface area contributed by atoms with E-state index in [2.05, 4.69) is 5.32 Å². The number of nitrogens with zero attached hydrogens (tertiary/aromatic N) is 1. The van der Waals surface area contributed by atoms with E-state index >= 15 is 0 Å². The number of amides is 1. The monoisotopic (exact) mass is 440 g/mol. The van der Waals surface area contributed by atoms with Crippen LogP contribution >= 0.6 is 0 Å². The molecular formula is C23H24N2O5S. The minimum Gasteiger partial charge on any atom is -0.495 e. The number of hydrogen-bond acceptors (Lipinski definition) is 5. The van der Waals surface area contributed by atoms with E-state index in [-0.39, 0.29) is 17.4 Å². The first kappa shape index (κ1) is 22.2. The molecule has 31 heavy (non-hydrogen) atoms. The van der Waals surface area contributed by atoms with Crippen LogP contribution in [0.3, 0.4) is 0 Å². The minimum atomic E-state index is -3.67. The van der Waals surface area contributed by atoms with Gasteiger partial charge in [0.2, 0.25) is 0 Å². The van der Waals surface area contributed by atoms with Crippen molar-refractivity contribution in [3.8, 4) is 11.5 Å². The van der Waals surface area contributed by atoms with Crippen molar-refractivity contribution < 1.29 is 22.7 Å². The number of anilines is 2. The van der Waals surface area contributed by atoms with Gasteiger partial charge in [0, 0.05) is 7.05 Å². The molecular weight excluding hydrogens is 416 g/mol. The highest BCUT2D eigenvalue weighted by Gasteiger charge is 2.21. The zero-order valence-electron chi connectivity index (χ0n) is 17.5. The summed E-state index contributed by atoms with van der Waals surface area (Å²) in [6.45, 7) is 1.70. The summed E-state index contributed by atoms with van der Waals surface area (Å²) >= 11 is 0. The normalized spacial score (nSPS) is 10.9. The molecule has 8 heteroatoms. The van der Waals surface area contributed by atoms with Crippen molar-refractivity contribution in [1.29, 1.82) is 0 Å². The third-order valence-electron chi connectivity index (χ3n) is 4.63. The number of para-hydroxylation sites is 2. The summed E-state index contributed by atoms with van der Waals surface area (Å²) in [6, 6.07) is 20.2. The molecule has 3 aromatic rings. The van der Waals surface area contributed by atoms with Crippen LogP contribution in [0.25, 0.3) is 0 Å². The van der Waals surface area contributed by atoms with Crippen molar-refractivity contribution in [2.75, 3.05) is 30.4 Å². The van der Waals surface area contributed by atoms with Crippen LogP contribution in [-0.4, -0.2) is 35.1 Å². The molecule has 3 rings (SSSR count). The van der Waals surface area contributed by atoms with Crippen molar-refractivity contribution in [1.82, 2.24) is 0 Å². The predicted octanol–water partition coefficient (Wildman–Crippen LogP) is 3.85. The van der Waals surface area contributed by atoms with Gasteiger partial charge < -0.3 is 14.8 Å². The van der Waals surface area contributed by atoms with Gasteiger partial charge in [0.05, 0.1) is 23.4 Å². The Labute approximate surface area is 182 Å². The van der Waals surface area contributed by atoms with E-state index in [1.54, 1.807) is 66.7 Å². The van der Waals surface area contributed by atoms with E-state index < -0.39 is 10.0 Å². The number of carbonyl (C=O) groups is 1. The Morgan fingerprint density at radius 1 is 0.968 bits per heavy atom. The Hall–Kier alpha value is -3.52. The highest BCUT2D eigenvalue weighted by molar-refractivity contribution is 7.92. The lowest BCUT2D eigenvalue weighted by atomic mass is 10.2. The van der Waals surface area contributed by atoms with Crippen LogP contribution in [0, 0.1) is 6.92 Å². The van der Waals surface area contributed by atoms with Gasteiger partial charge in [-0.15, -0.1) is 0 Å². The van der Waals surface area contributed by atoms with Crippen LogP contribution in [0.5, 0.6) is 11.5 Å². The molecule has 0 aliphatic carbocycles. The third kappa shape index (κ3) is 5.35. The summed E-state index contributed by atoms with van der Waals surface area (Å²) in [4.78, 5) is 12.4. The molecule has 0 spiro atoms. The van der Waals surface area contributed by atoms with Crippen LogP contribution in [-0.2, 0) is 14.8 Å². The molecule has 0 radical (unpaired) electrons. The predicted molar refractivity (Wildman–Crippen MR) is 120 cm³/mol. The van der Waals surface area contributed by atoms with E-state index in [1.807, 2.05) is 13.0 Å². The average Bonchev–Trinajstić information content (AvgIpc) is 2.78. The number of aryl methyl sites for hydroxylation is 1. The van der Waals surface area contributed by atoms with Crippen LogP contribution in [0.4, 0.5) is 11.4 Å². The average molecular weight is 441 g/mol. The first-order chi connectivity index (χ1) is 14.8. The van der Waals surface area contributed by atoms with Crippen LogP contribution in [0.1, 0.15) is 5.56 Å². The summed E-state index contributed by atoms with van der Waals surface area (Å²) in [5.41, 5.74) is 2.01. The van der Waals surface area contributed by atoms with Crippen molar-refractivity contribution in [2.45, 2.75) is 11.8 Å². The molecule has 3 aromatic carbocycles. The van der Waals surface area contributed by atoms with E-state index in [0.717, 1.165) is 5.56 Å². The number of hydrogen-bond donors (Lipinski definition) is 1. The second kappa shape index (κ2) is 9.53. The quantitative estimate of drug-likeness (QED) is 0.575. The highest BCUT2D eigenvalue weighted by atomic mass is 32.2. The number of methoxy groups -OCH3 is 1. The molecule has 0 aromatic heterocycles. The summed E-state index contributed by atoms with van der Waals surface area (Å²) in [5.74, 6) is 0.658. The second-order valence-electron chi connectivity index (χ2n) is 6.82. The van der Waals surface area contributed by atoms with Gasteiger partial charge >= 0.3 is 0 Å². The largest absolute Gasteiger partial charge is 0.495 e. The van der Waals surface area contributed by atoms with Gasteiger partial charge in [-0.1, -0.05) is 29.8 Å². The number of carbonyl (C=O) groups excluding carboxylic acids is 1. The van der Waals surface area contributed by atoms with Gasteiger partial charge in [-0.3, -0.25) is 9.10 Å². The second-order valence-corrected chi connectivity index (χ2v) is 8.79. The number of ether oxygens (including phenoxy) is 2. The Morgan fingerprint density at radius 2 is 1.61 bits per heavy atom. The van der Waals surface area contributed by atoms with E-state index in [4.69, 9.17) is 9.47 Å². The zero-order chi connectivity index (χ0) is 22.4. The van der Waals surface area contributed by atoms with E-state index in [9.17, 15) is 13.2 Å². The molecule has 1 N–H and O–H groups in total. The topological polar surface area (TPSA) is 84.9 Å². The standard InChI is InChI=1S/C23H24N2O5S/c1-17-8-14-20(15-9-17)31(27,28)25(2)18-10-12-19(13-11-18)30-16-23(26)24-21-6-4-5-7-22(21)29-3/h4-15H,16H2,1-3H3,(H,24,26). The van der Waals surface area contributed by atoms with Gasteiger partial charge in [0.15, 0.2) is 6.61 Å². The molecule has 0 heterocycles. The van der Waals surface area contributed by atoms with E-state index in [1.165, 1.54) is 18.5 Å². The smallest absolute Gasteiger partial charge is 0.264 e. The van der Waals surface area contributed by atoms with Crippen molar-refractivity contribution in [3.05, 3.63) is 78.4 Å². The molecule has 0 fully saturated rings. The zero-order valence-corrected chi connectivity index (χ0v) is 18.3. The third-order valence-corrected chi connectivity index (χ3v) is 6.43. The van der Waals surface area contributed by atoms with Gasteiger partial charge in [0.1, 0.15) is 11.5 Å². The molecule has 0 aliphatic rings. The summed E-state index contributed by atoms with van der Waals surface area (Å²) in [5, 5.41) is 2.73. The summed E-state index contributed by atoms with van der Waals surface area (Å²) < 4.78 is 37.5. The number of nitrogens with one attached hydrogen (secondary N) is 1. The fraction of sp³-hybridized carbons (Fsp3) is 0.174. The SMILES string of the molecule is COc1ccccc1NC(=O)COc1ccc(N(C)S(=O)(=O)c2ccc(C)cc2)cc1. The molecule has 7 nitrogen and oxygen atoms in total. The fourth-order valence-electron chi connectivity index (χ4n) is 2.84. The molecule has 0 saturated carbocycles. The van der Waals surface area contributed by atoms with Crippen molar-refractivity contribution in [3.63, 3.8) is 0 Å². The lowest BCUT2D eigenvalue weighted by Gasteiger charge is -2.20. The molecule has 0 unspecified atom stereocenters. The lowest BCUT2D eigenvalue weighted by molar-refractivity contribution is -0.118. The maximum atomic E-state index is 12.8. The minimum absolute atomic E-state index is 0.200. The van der Waals surface area contributed by atoms with Gasteiger partial charge in [-0.25, -0.2) is 8.42 Å². The van der Waals surface area contributed by atoms with Crippen LogP contribution in [0.2, 0.25) is 0 Å². The van der Waals surface area contributed by atoms with Gasteiger partial charge in [-0.2, -0.15) is 0 Å². The Balaban J connectivity index is 1.62. The first-order valence-corrected chi connectivity index (χ1v) is 11.0. The molecule has 162 valence electrons. The molecule has 0 aliphatic heterocycles. The maximum Gasteiger partial charge on any atom is 0.264 e. The molecule has 0 saturated heterocycles. The Morgan fingerprint density at radius 3 is 2.26 bits per heavy atom. The number of rotatable bonds is 8. The van der Waals surface area contributed by atoms with E-state index in [0.29, 0.717) is 22.9 Å². The summed E-state index contributed by atoms with van der Waals surface area (Å²) in [7, 11) is -0.653. The van der Waals surface area contributed by atoms with Crippen LogP contribution < -0.4 is 19.1 Å². The number of sulfonamides is 1. The van der Waals surface area contributed by atoms with Crippen molar-refractivity contribution in [2.24, 2.45) is 0 Å². The van der Waals surface area contributed by atoms with Gasteiger partial charge in [-0.05, 0) is 55.5 Å². The molecule has 0 bridgehead atoms. The highest BCUT2D eigenvalue weighted by Crippen LogP contribution is 2.25. The Kier molecular flexibility index (Phi) is 6.81. The van der Waals surface area contributed by atoms with Gasteiger partial charge in [0.25, 0.3) is 15.9 Å². The van der Waals surface area contributed by atoms with Crippen LogP contribution in [0.15, 0.2) is 77.7 Å². The maximum absolute atomic E-state index is 12.8. The molecule has 1 amide bonds.